The van der Waals surface area contributed by atoms with Gasteiger partial charge in [0, 0.05) is 12.5 Å². The van der Waals surface area contributed by atoms with Gasteiger partial charge in [-0.2, -0.15) is 0 Å². The highest BCUT2D eigenvalue weighted by Gasteiger charge is 2.26. The maximum Gasteiger partial charge on any atom is 0.262 e. The number of nitrogens with zero attached hydrogens (tertiary/aromatic N) is 2. The molecule has 2 aromatic carbocycles. The van der Waals surface area contributed by atoms with Crippen LogP contribution < -0.4 is 10.6 Å². The minimum absolute atomic E-state index is 0.0856. The molecule has 0 aliphatic heterocycles. The lowest BCUT2D eigenvalue weighted by molar-refractivity contribution is -0.123. The van der Waals surface area contributed by atoms with Crippen LogP contribution in [0.3, 0.4) is 0 Å². The molecule has 2 heterocycles. The zero-order valence-electron chi connectivity index (χ0n) is 19.5. The van der Waals surface area contributed by atoms with Crippen LogP contribution in [0.4, 0.5) is 5.00 Å². The first kappa shape index (κ1) is 22.7. The van der Waals surface area contributed by atoms with Gasteiger partial charge in [-0.15, -0.1) is 11.3 Å². The van der Waals surface area contributed by atoms with Crippen LogP contribution in [0.15, 0.2) is 60.7 Å². The third kappa shape index (κ3) is 4.68. The lowest BCUT2D eigenvalue weighted by Crippen LogP contribution is -2.31. The molecule has 0 aliphatic rings. The topological polar surface area (TPSA) is 76.0 Å². The average molecular weight is 461 g/mol. The Morgan fingerprint density at radius 2 is 1.70 bits per heavy atom. The molecule has 4 aromatic rings. The lowest BCUT2D eigenvalue weighted by atomic mass is 9.96. The Labute approximate surface area is 197 Å². The van der Waals surface area contributed by atoms with Gasteiger partial charge in [0.2, 0.25) is 5.91 Å². The minimum Gasteiger partial charge on any atom is -0.337 e. The molecule has 0 fully saturated rings. The van der Waals surface area contributed by atoms with Gasteiger partial charge >= 0.3 is 0 Å². The predicted octanol–water partition coefficient (Wildman–Crippen LogP) is 5.45. The molecule has 0 bridgehead atoms. The highest BCUT2D eigenvalue weighted by atomic mass is 32.1. The summed E-state index contributed by atoms with van der Waals surface area (Å²) in [4.78, 5) is 31.2. The quantitative estimate of drug-likeness (QED) is 0.416. The van der Waals surface area contributed by atoms with Crippen molar-refractivity contribution in [1.29, 1.82) is 0 Å². The van der Waals surface area contributed by atoms with Crippen LogP contribution in [0.2, 0.25) is 0 Å². The molecule has 2 amide bonds. The largest absolute Gasteiger partial charge is 0.337 e. The van der Waals surface area contributed by atoms with Crippen molar-refractivity contribution in [2.45, 2.75) is 33.7 Å². The Balaban J connectivity index is 1.67. The molecule has 4 rings (SSSR count). The molecule has 1 atom stereocenters. The van der Waals surface area contributed by atoms with E-state index in [-0.39, 0.29) is 11.8 Å². The molecular formula is C26H28N4O2S. The fourth-order valence-corrected chi connectivity index (χ4v) is 4.60. The summed E-state index contributed by atoms with van der Waals surface area (Å²) >= 11 is 1.28. The third-order valence-electron chi connectivity index (χ3n) is 5.53. The van der Waals surface area contributed by atoms with E-state index in [1.54, 1.807) is 0 Å². The van der Waals surface area contributed by atoms with Gasteiger partial charge in [0.05, 0.1) is 20.9 Å². The van der Waals surface area contributed by atoms with Crippen molar-refractivity contribution < 1.29 is 9.59 Å². The molecule has 7 heteroatoms. The van der Waals surface area contributed by atoms with Crippen LogP contribution in [-0.2, 0) is 11.8 Å². The Hall–Kier alpha value is -3.45. The Morgan fingerprint density at radius 1 is 1.03 bits per heavy atom. The van der Waals surface area contributed by atoms with E-state index in [1.165, 1.54) is 11.3 Å². The van der Waals surface area contributed by atoms with Crippen molar-refractivity contribution in [3.05, 3.63) is 82.5 Å². The van der Waals surface area contributed by atoms with Crippen molar-refractivity contribution in [2.24, 2.45) is 12.5 Å². The summed E-state index contributed by atoms with van der Waals surface area (Å²) in [6, 6.07) is 19.2. The van der Waals surface area contributed by atoms with Crippen molar-refractivity contribution in [3.63, 3.8) is 0 Å². The maximum atomic E-state index is 13.4. The van der Waals surface area contributed by atoms with Crippen LogP contribution in [0.25, 0.3) is 11.0 Å². The molecule has 6 nitrogen and oxygen atoms in total. The van der Waals surface area contributed by atoms with Gasteiger partial charge in [-0.3, -0.25) is 9.59 Å². The van der Waals surface area contributed by atoms with E-state index in [1.807, 2.05) is 100.0 Å². The van der Waals surface area contributed by atoms with Crippen LogP contribution in [0.1, 0.15) is 53.4 Å². The van der Waals surface area contributed by atoms with E-state index < -0.39 is 11.5 Å². The maximum absolute atomic E-state index is 13.4. The van der Waals surface area contributed by atoms with E-state index in [4.69, 9.17) is 4.98 Å². The molecule has 33 heavy (non-hydrogen) atoms. The molecule has 2 aromatic heterocycles. The summed E-state index contributed by atoms with van der Waals surface area (Å²) in [7, 11) is 1.96. The van der Waals surface area contributed by atoms with Gasteiger partial charge in [0.15, 0.2) is 0 Å². The van der Waals surface area contributed by atoms with E-state index in [0.29, 0.717) is 9.88 Å². The number of carbonyl (C=O) groups is 2. The van der Waals surface area contributed by atoms with Crippen LogP contribution in [0, 0.1) is 12.3 Å². The Kier molecular flexibility index (Phi) is 6.08. The van der Waals surface area contributed by atoms with E-state index >= 15 is 0 Å². The second-order valence-corrected chi connectivity index (χ2v) is 10.2. The van der Waals surface area contributed by atoms with Gasteiger partial charge in [0.1, 0.15) is 11.9 Å². The molecule has 0 saturated carbocycles. The summed E-state index contributed by atoms with van der Waals surface area (Å²) in [5.74, 6) is 0.471. The molecule has 0 aliphatic carbocycles. The van der Waals surface area contributed by atoms with Crippen LogP contribution in [-0.4, -0.2) is 21.4 Å². The average Bonchev–Trinajstić information content (AvgIpc) is 3.31. The number of fused-ring (bicyclic) bond motifs is 1. The molecular weight excluding hydrogens is 432 g/mol. The van der Waals surface area contributed by atoms with Gasteiger partial charge < -0.3 is 15.2 Å². The molecule has 2 N–H and O–H groups in total. The number of para-hydroxylation sites is 2. The van der Waals surface area contributed by atoms with Crippen LogP contribution in [0.5, 0.6) is 0 Å². The minimum atomic E-state index is -0.515. The second-order valence-electron chi connectivity index (χ2n) is 9.16. The number of nitrogens with one attached hydrogen (secondary N) is 2. The standard InChI is InChI=1S/C26H28N4O2S/c1-16-15-20(28-25(32)26(2,3)4)33-22(16)24(31)29-21(17-11-7-6-8-12-17)23-27-18-13-9-10-14-19(18)30(23)5/h6-15,21H,1-5H3,(H,28,32)(H,29,31)/t21-/m1/s1. The molecule has 0 unspecified atom stereocenters. The zero-order chi connectivity index (χ0) is 23.8. The predicted molar refractivity (Wildman–Crippen MR) is 134 cm³/mol. The summed E-state index contributed by atoms with van der Waals surface area (Å²) in [5, 5.41) is 6.77. The van der Waals surface area contributed by atoms with Crippen molar-refractivity contribution in [2.75, 3.05) is 5.32 Å². The lowest BCUT2D eigenvalue weighted by Gasteiger charge is -2.19. The first-order valence-corrected chi connectivity index (χ1v) is 11.7. The monoisotopic (exact) mass is 460 g/mol. The van der Waals surface area contributed by atoms with Crippen molar-refractivity contribution in [1.82, 2.24) is 14.9 Å². The number of imidazole rings is 1. The van der Waals surface area contributed by atoms with E-state index in [9.17, 15) is 9.59 Å². The highest BCUT2D eigenvalue weighted by Crippen LogP contribution is 2.30. The highest BCUT2D eigenvalue weighted by molar-refractivity contribution is 7.18. The number of hydrogen-bond acceptors (Lipinski definition) is 4. The number of carbonyl (C=O) groups excluding carboxylic acids is 2. The first-order chi connectivity index (χ1) is 15.6. The summed E-state index contributed by atoms with van der Waals surface area (Å²) in [6.45, 7) is 7.46. The summed E-state index contributed by atoms with van der Waals surface area (Å²) in [5.41, 5.74) is 3.13. The van der Waals surface area contributed by atoms with Crippen LogP contribution >= 0.6 is 11.3 Å². The Bertz CT molecular complexity index is 1320. The Morgan fingerprint density at radius 3 is 2.36 bits per heavy atom. The summed E-state index contributed by atoms with van der Waals surface area (Å²) in [6.07, 6.45) is 0. The fourth-order valence-electron chi connectivity index (χ4n) is 3.63. The normalized spacial score (nSPS) is 12.5. The number of anilines is 1. The number of aromatic nitrogens is 2. The fraction of sp³-hybridized carbons (Fsp3) is 0.269. The number of hydrogen-bond donors (Lipinski definition) is 2. The first-order valence-electron chi connectivity index (χ1n) is 10.8. The molecule has 170 valence electrons. The SMILES string of the molecule is Cc1cc(NC(=O)C(C)(C)C)sc1C(=O)N[C@H](c1ccccc1)c1nc2ccccc2n1C. The second kappa shape index (κ2) is 8.83. The number of rotatable bonds is 5. The van der Waals surface area contributed by atoms with Gasteiger partial charge in [-0.25, -0.2) is 4.98 Å². The third-order valence-corrected chi connectivity index (χ3v) is 6.68. The van der Waals surface area contributed by atoms with Gasteiger partial charge in [-0.1, -0.05) is 63.2 Å². The smallest absolute Gasteiger partial charge is 0.262 e. The molecule has 0 spiro atoms. The molecule has 0 radical (unpaired) electrons. The van der Waals surface area contributed by atoms with E-state index in [2.05, 4.69) is 10.6 Å². The van der Waals surface area contributed by atoms with Crippen molar-refractivity contribution in [3.8, 4) is 0 Å². The van der Waals surface area contributed by atoms with E-state index in [0.717, 1.165) is 28.0 Å². The van der Waals surface area contributed by atoms with Gasteiger partial charge in [-0.05, 0) is 36.2 Å². The number of amides is 2. The number of benzene rings is 2. The number of thiophene rings is 1. The zero-order valence-corrected chi connectivity index (χ0v) is 20.3. The molecule has 0 saturated heterocycles. The number of aryl methyl sites for hydroxylation is 2. The van der Waals surface area contributed by atoms with Gasteiger partial charge in [0.25, 0.3) is 5.91 Å². The van der Waals surface area contributed by atoms with Crippen molar-refractivity contribution >= 4 is 39.2 Å². The summed E-state index contributed by atoms with van der Waals surface area (Å²) < 4.78 is 2.02.